The van der Waals surface area contributed by atoms with E-state index in [1.54, 1.807) is 10.6 Å². The van der Waals surface area contributed by atoms with Crippen LogP contribution in [0.25, 0.3) is 5.78 Å². The van der Waals surface area contributed by atoms with Crippen LogP contribution in [0.5, 0.6) is 0 Å². The van der Waals surface area contributed by atoms with Crippen LogP contribution in [-0.2, 0) is 6.54 Å². The molecule has 6 nitrogen and oxygen atoms in total. The zero-order valence-electron chi connectivity index (χ0n) is 10.2. The topological polar surface area (TPSA) is 68.0 Å². The molecule has 0 aliphatic carbocycles. The molecular weight excluding hydrogens is 264 g/mol. The number of rotatable bonds is 3. The van der Waals surface area contributed by atoms with Gasteiger partial charge >= 0.3 is 0 Å². The Balaban J connectivity index is 1.85. The highest BCUT2D eigenvalue weighted by atomic mass is 35.5. The van der Waals surface area contributed by atoms with E-state index in [0.717, 1.165) is 17.1 Å². The van der Waals surface area contributed by atoms with E-state index >= 15 is 0 Å². The van der Waals surface area contributed by atoms with Gasteiger partial charge in [-0.25, -0.2) is 0 Å². The molecule has 0 aliphatic heterocycles. The Morgan fingerprint density at radius 2 is 2.21 bits per heavy atom. The lowest BCUT2D eigenvalue weighted by Gasteiger charge is -2.08. The Bertz CT molecular complexity index is 706. The lowest BCUT2D eigenvalue weighted by atomic mass is 10.2. The minimum Gasteiger partial charge on any atom is -0.366 e. The second-order valence-electron chi connectivity index (χ2n) is 4.10. The van der Waals surface area contributed by atoms with E-state index in [0.29, 0.717) is 17.5 Å². The van der Waals surface area contributed by atoms with Crippen molar-refractivity contribution in [3.8, 4) is 0 Å². The lowest BCUT2D eigenvalue weighted by molar-refractivity contribution is 0.923. The SMILES string of the molecule is Cc1ccc(CNc2cc(Cl)nc3ncnn23)cn1. The fraction of sp³-hybridized carbons (Fsp3) is 0.167. The van der Waals surface area contributed by atoms with E-state index in [9.17, 15) is 0 Å². The number of anilines is 1. The van der Waals surface area contributed by atoms with E-state index < -0.39 is 0 Å². The van der Waals surface area contributed by atoms with Crippen LogP contribution in [0, 0.1) is 6.92 Å². The maximum absolute atomic E-state index is 5.94. The van der Waals surface area contributed by atoms with Crippen LogP contribution in [0.15, 0.2) is 30.7 Å². The van der Waals surface area contributed by atoms with E-state index in [2.05, 4.69) is 25.4 Å². The molecule has 0 bridgehead atoms. The Labute approximate surface area is 114 Å². The molecule has 3 heterocycles. The standard InChI is InChI=1S/C12H11ClN6/c1-8-2-3-9(5-14-8)6-15-11-4-10(13)18-12-16-7-17-19(11)12/h2-5,7,15H,6H2,1H3. The number of aromatic nitrogens is 5. The second kappa shape index (κ2) is 4.81. The van der Waals surface area contributed by atoms with Crippen molar-refractivity contribution in [3.63, 3.8) is 0 Å². The van der Waals surface area contributed by atoms with Gasteiger partial charge in [-0.2, -0.15) is 19.6 Å². The van der Waals surface area contributed by atoms with Gasteiger partial charge in [0.05, 0.1) is 0 Å². The summed E-state index contributed by atoms with van der Waals surface area (Å²) in [5.41, 5.74) is 2.07. The third kappa shape index (κ3) is 2.48. The number of pyridine rings is 1. The molecule has 19 heavy (non-hydrogen) atoms. The van der Waals surface area contributed by atoms with Crippen molar-refractivity contribution < 1.29 is 0 Å². The molecule has 0 saturated carbocycles. The predicted octanol–water partition coefficient (Wildman–Crippen LogP) is 2.09. The summed E-state index contributed by atoms with van der Waals surface area (Å²) in [6, 6.07) is 5.71. The Morgan fingerprint density at radius 3 is 3.00 bits per heavy atom. The van der Waals surface area contributed by atoms with Crippen molar-refractivity contribution in [3.05, 3.63) is 47.1 Å². The average molecular weight is 275 g/mol. The number of aryl methyl sites for hydroxylation is 1. The van der Waals surface area contributed by atoms with Gasteiger partial charge in [0.1, 0.15) is 17.3 Å². The lowest BCUT2D eigenvalue weighted by Crippen LogP contribution is -2.06. The zero-order chi connectivity index (χ0) is 13.2. The van der Waals surface area contributed by atoms with Gasteiger partial charge in [0.25, 0.3) is 5.78 Å². The highest BCUT2D eigenvalue weighted by Crippen LogP contribution is 2.15. The van der Waals surface area contributed by atoms with Crippen molar-refractivity contribution in [1.82, 2.24) is 24.6 Å². The monoisotopic (exact) mass is 274 g/mol. The molecule has 0 aromatic carbocycles. The van der Waals surface area contributed by atoms with Gasteiger partial charge in [-0.05, 0) is 18.6 Å². The summed E-state index contributed by atoms with van der Waals surface area (Å²) in [5, 5.41) is 7.72. The molecular formula is C12H11ClN6. The molecule has 3 aromatic rings. The van der Waals surface area contributed by atoms with Gasteiger partial charge in [0, 0.05) is 24.5 Å². The first-order valence-corrected chi connectivity index (χ1v) is 6.12. The summed E-state index contributed by atoms with van der Waals surface area (Å²) in [6.45, 7) is 2.58. The van der Waals surface area contributed by atoms with Crippen LogP contribution in [0.1, 0.15) is 11.3 Å². The number of fused-ring (bicyclic) bond motifs is 1. The largest absolute Gasteiger partial charge is 0.366 e. The molecule has 3 rings (SSSR count). The number of hydrogen-bond acceptors (Lipinski definition) is 5. The van der Waals surface area contributed by atoms with E-state index in [4.69, 9.17) is 11.6 Å². The van der Waals surface area contributed by atoms with Crippen molar-refractivity contribution in [2.45, 2.75) is 13.5 Å². The summed E-state index contributed by atoms with van der Waals surface area (Å²) in [4.78, 5) is 12.3. The van der Waals surface area contributed by atoms with Crippen LogP contribution in [-0.4, -0.2) is 24.6 Å². The third-order valence-electron chi connectivity index (χ3n) is 2.67. The van der Waals surface area contributed by atoms with Gasteiger partial charge in [-0.3, -0.25) is 4.98 Å². The highest BCUT2D eigenvalue weighted by molar-refractivity contribution is 6.29. The summed E-state index contributed by atoms with van der Waals surface area (Å²) in [6.07, 6.45) is 3.28. The second-order valence-corrected chi connectivity index (χ2v) is 4.48. The van der Waals surface area contributed by atoms with Crippen LogP contribution in [0.3, 0.4) is 0 Å². The Morgan fingerprint density at radius 1 is 1.32 bits per heavy atom. The maximum Gasteiger partial charge on any atom is 0.255 e. The average Bonchev–Trinajstić information content (AvgIpc) is 2.85. The van der Waals surface area contributed by atoms with Crippen LogP contribution >= 0.6 is 11.6 Å². The minimum absolute atomic E-state index is 0.380. The normalized spacial score (nSPS) is 10.8. The van der Waals surface area contributed by atoms with Crippen molar-refractivity contribution in [1.29, 1.82) is 0 Å². The Kier molecular flexibility index (Phi) is 3.00. The molecule has 0 spiro atoms. The van der Waals surface area contributed by atoms with Crippen molar-refractivity contribution in [2.75, 3.05) is 5.32 Å². The maximum atomic E-state index is 5.94. The van der Waals surface area contributed by atoms with E-state index in [1.165, 1.54) is 6.33 Å². The van der Waals surface area contributed by atoms with Gasteiger partial charge in [0.2, 0.25) is 0 Å². The zero-order valence-corrected chi connectivity index (χ0v) is 11.0. The molecule has 0 saturated heterocycles. The highest BCUT2D eigenvalue weighted by Gasteiger charge is 2.06. The molecule has 0 atom stereocenters. The summed E-state index contributed by atoms with van der Waals surface area (Å²) < 4.78 is 1.60. The quantitative estimate of drug-likeness (QED) is 0.741. The third-order valence-corrected chi connectivity index (χ3v) is 2.86. The summed E-state index contributed by atoms with van der Waals surface area (Å²) in [7, 11) is 0. The molecule has 0 fully saturated rings. The number of hydrogen-bond donors (Lipinski definition) is 1. The van der Waals surface area contributed by atoms with Crippen LogP contribution in [0.2, 0.25) is 5.15 Å². The first kappa shape index (κ1) is 11.9. The molecule has 0 amide bonds. The predicted molar refractivity (Wildman–Crippen MR) is 72.1 cm³/mol. The molecule has 0 aliphatic rings. The fourth-order valence-electron chi connectivity index (χ4n) is 1.70. The Hall–Kier alpha value is -2.21. The fourth-order valence-corrected chi connectivity index (χ4v) is 1.88. The van der Waals surface area contributed by atoms with Gasteiger partial charge in [-0.15, -0.1) is 0 Å². The van der Waals surface area contributed by atoms with Gasteiger partial charge < -0.3 is 5.32 Å². The molecule has 7 heteroatoms. The number of nitrogens with one attached hydrogen (secondary N) is 1. The van der Waals surface area contributed by atoms with Crippen molar-refractivity contribution >= 4 is 23.2 Å². The molecule has 1 N–H and O–H groups in total. The van der Waals surface area contributed by atoms with E-state index in [1.807, 2.05) is 25.3 Å². The summed E-state index contributed by atoms with van der Waals surface area (Å²) >= 11 is 5.94. The first-order valence-electron chi connectivity index (χ1n) is 5.74. The van der Waals surface area contributed by atoms with Gasteiger partial charge in [0.15, 0.2) is 0 Å². The van der Waals surface area contributed by atoms with E-state index in [-0.39, 0.29) is 0 Å². The summed E-state index contributed by atoms with van der Waals surface area (Å²) in [5.74, 6) is 1.21. The molecule has 0 radical (unpaired) electrons. The minimum atomic E-state index is 0.380. The first-order chi connectivity index (χ1) is 9.22. The molecule has 3 aromatic heterocycles. The van der Waals surface area contributed by atoms with Crippen molar-refractivity contribution in [2.24, 2.45) is 0 Å². The smallest absolute Gasteiger partial charge is 0.255 e. The number of nitrogens with zero attached hydrogens (tertiary/aromatic N) is 5. The van der Waals surface area contributed by atoms with Crippen LogP contribution in [0.4, 0.5) is 5.82 Å². The van der Waals surface area contributed by atoms with Crippen LogP contribution < -0.4 is 5.32 Å². The molecule has 96 valence electrons. The van der Waals surface area contributed by atoms with Gasteiger partial charge in [-0.1, -0.05) is 17.7 Å². The molecule has 0 unspecified atom stereocenters. The number of halogens is 1.